The van der Waals surface area contributed by atoms with E-state index in [0.29, 0.717) is 34.5 Å². The van der Waals surface area contributed by atoms with Crippen LogP contribution in [0.5, 0.6) is 23.0 Å². The molecular weight excluding hydrogens is 540 g/mol. The molecule has 206 valence electrons. The maximum atomic E-state index is 12.5. The topological polar surface area (TPSA) is 104 Å². The molecule has 0 saturated carbocycles. The Hall–Kier alpha value is -4.93. The SMILES string of the molecule is Cc1ccc(COc2ccc(C3C(C#N)=C(N)Oc4cc(OC(=O)COc5ccc(Cl)cc5C)ccc43)cc2)cc1. The molecule has 0 saturated heterocycles. The van der Waals surface area contributed by atoms with Crippen molar-refractivity contribution in [1.29, 1.82) is 5.26 Å². The van der Waals surface area contributed by atoms with Crippen LogP contribution in [0.1, 0.15) is 33.7 Å². The molecule has 1 unspecified atom stereocenters. The molecule has 0 aliphatic carbocycles. The highest BCUT2D eigenvalue weighted by atomic mass is 35.5. The number of halogens is 1. The number of ether oxygens (including phenoxy) is 4. The van der Waals surface area contributed by atoms with Crippen LogP contribution >= 0.6 is 11.6 Å². The highest BCUT2D eigenvalue weighted by molar-refractivity contribution is 6.30. The minimum Gasteiger partial charge on any atom is -0.489 e. The summed E-state index contributed by atoms with van der Waals surface area (Å²) in [5.41, 5.74) is 11.1. The lowest BCUT2D eigenvalue weighted by molar-refractivity contribution is -0.136. The Morgan fingerprint density at radius 3 is 2.39 bits per heavy atom. The lowest BCUT2D eigenvalue weighted by atomic mass is 9.83. The maximum absolute atomic E-state index is 12.5. The number of benzene rings is 4. The van der Waals surface area contributed by atoms with Gasteiger partial charge < -0.3 is 24.7 Å². The molecule has 5 rings (SSSR count). The van der Waals surface area contributed by atoms with Gasteiger partial charge in [-0.1, -0.05) is 59.6 Å². The second-order valence-electron chi connectivity index (χ2n) is 9.64. The molecule has 0 fully saturated rings. The van der Waals surface area contributed by atoms with Crippen molar-refractivity contribution in [2.24, 2.45) is 5.73 Å². The van der Waals surface area contributed by atoms with Crippen molar-refractivity contribution in [2.75, 3.05) is 6.61 Å². The third-order valence-electron chi connectivity index (χ3n) is 6.64. The van der Waals surface area contributed by atoms with Gasteiger partial charge in [-0.2, -0.15) is 5.26 Å². The zero-order chi connectivity index (χ0) is 28.9. The summed E-state index contributed by atoms with van der Waals surface area (Å²) in [4.78, 5) is 12.5. The fourth-order valence-corrected chi connectivity index (χ4v) is 4.75. The molecular formula is C33H27ClN2O5. The average Bonchev–Trinajstić information content (AvgIpc) is 2.96. The van der Waals surface area contributed by atoms with Gasteiger partial charge in [-0.3, -0.25) is 0 Å². The second-order valence-corrected chi connectivity index (χ2v) is 10.1. The summed E-state index contributed by atoms with van der Waals surface area (Å²) < 4.78 is 22.7. The second kappa shape index (κ2) is 12.1. The van der Waals surface area contributed by atoms with Crippen molar-refractivity contribution >= 4 is 17.6 Å². The van der Waals surface area contributed by atoms with E-state index < -0.39 is 11.9 Å². The largest absolute Gasteiger partial charge is 0.489 e. The van der Waals surface area contributed by atoms with Crippen LogP contribution < -0.4 is 24.7 Å². The number of carbonyl (C=O) groups is 1. The zero-order valence-corrected chi connectivity index (χ0v) is 23.3. The molecule has 4 aromatic carbocycles. The summed E-state index contributed by atoms with van der Waals surface area (Å²) in [7, 11) is 0. The van der Waals surface area contributed by atoms with Gasteiger partial charge >= 0.3 is 5.97 Å². The molecule has 0 amide bonds. The van der Waals surface area contributed by atoms with E-state index in [1.54, 1.807) is 36.4 Å². The lowest BCUT2D eigenvalue weighted by Crippen LogP contribution is -2.21. The van der Waals surface area contributed by atoms with E-state index in [-0.39, 0.29) is 18.2 Å². The summed E-state index contributed by atoms with van der Waals surface area (Å²) in [5, 5.41) is 10.5. The molecule has 0 radical (unpaired) electrons. The van der Waals surface area contributed by atoms with E-state index in [1.807, 2.05) is 62.4 Å². The van der Waals surface area contributed by atoms with E-state index in [1.165, 1.54) is 5.56 Å². The molecule has 4 aromatic rings. The first-order valence-electron chi connectivity index (χ1n) is 12.9. The van der Waals surface area contributed by atoms with Gasteiger partial charge in [-0.15, -0.1) is 0 Å². The zero-order valence-electron chi connectivity index (χ0n) is 22.5. The van der Waals surface area contributed by atoms with Crippen LogP contribution in [0.2, 0.25) is 5.02 Å². The summed E-state index contributed by atoms with van der Waals surface area (Å²) in [5.74, 6) is 0.842. The third kappa shape index (κ3) is 6.46. The Kier molecular flexibility index (Phi) is 8.14. The van der Waals surface area contributed by atoms with E-state index in [4.69, 9.17) is 36.3 Å². The molecule has 7 nitrogen and oxygen atoms in total. The Morgan fingerprint density at radius 1 is 0.951 bits per heavy atom. The lowest BCUT2D eigenvalue weighted by Gasteiger charge is -2.26. The van der Waals surface area contributed by atoms with E-state index in [0.717, 1.165) is 22.3 Å². The molecule has 1 atom stereocenters. The fourth-order valence-electron chi connectivity index (χ4n) is 4.52. The molecule has 1 aliphatic rings. The van der Waals surface area contributed by atoms with Crippen molar-refractivity contribution in [1.82, 2.24) is 0 Å². The summed E-state index contributed by atoms with van der Waals surface area (Å²) in [6.07, 6.45) is 0. The molecule has 0 bridgehead atoms. The number of esters is 1. The minimum absolute atomic E-state index is 0.00489. The van der Waals surface area contributed by atoms with Gasteiger partial charge in [0.2, 0.25) is 5.88 Å². The molecule has 2 N–H and O–H groups in total. The number of allylic oxidation sites excluding steroid dienone is 1. The monoisotopic (exact) mass is 566 g/mol. The molecule has 1 aliphatic heterocycles. The molecule has 0 aromatic heterocycles. The third-order valence-corrected chi connectivity index (χ3v) is 6.88. The van der Waals surface area contributed by atoms with Crippen molar-refractivity contribution in [3.63, 3.8) is 0 Å². The number of nitrogens with two attached hydrogens (primary N) is 1. The molecule has 8 heteroatoms. The number of nitrogens with zero attached hydrogens (tertiary/aromatic N) is 1. The Bertz CT molecular complexity index is 1660. The summed E-state index contributed by atoms with van der Waals surface area (Å²) in [6.45, 7) is 4.04. The fraction of sp³-hybridized carbons (Fsp3) is 0.152. The van der Waals surface area contributed by atoms with Gasteiger partial charge in [0.25, 0.3) is 0 Å². The summed E-state index contributed by atoms with van der Waals surface area (Å²) >= 11 is 5.97. The number of hydrogen-bond donors (Lipinski definition) is 1. The smallest absolute Gasteiger partial charge is 0.349 e. The van der Waals surface area contributed by atoms with Crippen LogP contribution in [-0.4, -0.2) is 12.6 Å². The van der Waals surface area contributed by atoms with Gasteiger partial charge in [-0.05, 0) is 66.9 Å². The maximum Gasteiger partial charge on any atom is 0.349 e. The first-order valence-corrected chi connectivity index (χ1v) is 13.3. The van der Waals surface area contributed by atoms with E-state index >= 15 is 0 Å². The van der Waals surface area contributed by atoms with Gasteiger partial charge in [0.05, 0.1) is 5.92 Å². The van der Waals surface area contributed by atoms with Crippen LogP contribution in [0.4, 0.5) is 0 Å². The highest BCUT2D eigenvalue weighted by Gasteiger charge is 2.31. The van der Waals surface area contributed by atoms with Crippen LogP contribution in [-0.2, 0) is 11.4 Å². The van der Waals surface area contributed by atoms with Crippen LogP contribution in [0.25, 0.3) is 0 Å². The number of rotatable bonds is 8. The number of hydrogen-bond acceptors (Lipinski definition) is 7. The standard InChI is InChI=1S/C33H27ClN2O5/c1-20-3-5-22(6-4-20)18-38-25-10-7-23(8-11-25)32-27-13-12-26(16-30(27)41-33(36)28(32)17-35)40-31(37)19-39-29-14-9-24(34)15-21(29)2/h3-16,32H,18-19,36H2,1-2H3. The number of aryl methyl sites for hydroxylation is 2. The summed E-state index contributed by atoms with van der Waals surface area (Å²) in [6, 6.07) is 28.0. The predicted octanol–water partition coefficient (Wildman–Crippen LogP) is 6.74. The van der Waals surface area contributed by atoms with E-state index in [2.05, 4.69) is 6.07 Å². The van der Waals surface area contributed by atoms with Crippen molar-refractivity contribution < 1.29 is 23.7 Å². The highest BCUT2D eigenvalue weighted by Crippen LogP contribution is 2.43. The van der Waals surface area contributed by atoms with Crippen molar-refractivity contribution in [3.8, 4) is 29.1 Å². The Morgan fingerprint density at radius 2 is 1.68 bits per heavy atom. The Labute approximate surface area is 243 Å². The quantitative estimate of drug-likeness (QED) is 0.186. The first-order chi connectivity index (χ1) is 19.8. The van der Waals surface area contributed by atoms with Gasteiger partial charge in [0.1, 0.15) is 41.2 Å². The first kappa shape index (κ1) is 27.6. The molecule has 1 heterocycles. The van der Waals surface area contributed by atoms with Gasteiger partial charge in [-0.25, -0.2) is 4.79 Å². The number of carbonyl (C=O) groups excluding carboxylic acids is 1. The number of nitriles is 1. The van der Waals surface area contributed by atoms with Gasteiger partial charge in [0, 0.05) is 16.7 Å². The van der Waals surface area contributed by atoms with Crippen LogP contribution in [0, 0.1) is 25.2 Å². The normalized spacial score (nSPS) is 14.0. The molecule has 41 heavy (non-hydrogen) atoms. The van der Waals surface area contributed by atoms with Crippen molar-refractivity contribution in [2.45, 2.75) is 26.4 Å². The van der Waals surface area contributed by atoms with Gasteiger partial charge in [0.15, 0.2) is 6.61 Å². The molecule has 0 spiro atoms. The van der Waals surface area contributed by atoms with E-state index in [9.17, 15) is 10.1 Å². The Balaban J connectivity index is 1.29. The predicted molar refractivity (Wildman–Crippen MR) is 155 cm³/mol. The van der Waals surface area contributed by atoms with Crippen molar-refractivity contribution in [3.05, 3.63) is 129 Å². The van der Waals surface area contributed by atoms with Crippen LogP contribution in [0.15, 0.2) is 96.4 Å². The number of fused-ring (bicyclic) bond motifs is 1. The van der Waals surface area contributed by atoms with Crippen LogP contribution in [0.3, 0.4) is 0 Å². The minimum atomic E-state index is -0.589. The average molecular weight is 567 g/mol.